The topological polar surface area (TPSA) is 66.0 Å². The highest BCUT2D eigenvalue weighted by molar-refractivity contribution is 5.81. The van der Waals surface area contributed by atoms with Gasteiger partial charge in [0.25, 0.3) is 5.91 Å². The maximum Gasteiger partial charge on any atom is 0.261 e. The fourth-order valence-electron chi connectivity index (χ4n) is 2.67. The zero-order valence-electron chi connectivity index (χ0n) is 16.3. The summed E-state index contributed by atoms with van der Waals surface area (Å²) >= 11 is 0. The van der Waals surface area contributed by atoms with Gasteiger partial charge in [-0.15, -0.1) is 0 Å². The Morgan fingerprint density at radius 1 is 0.926 bits per heavy atom. The van der Waals surface area contributed by atoms with Crippen molar-refractivity contribution in [2.75, 3.05) is 27.9 Å². The van der Waals surface area contributed by atoms with E-state index in [-0.39, 0.29) is 5.91 Å². The lowest BCUT2D eigenvalue weighted by atomic mass is 10.1. The van der Waals surface area contributed by atoms with Crippen LogP contribution < -0.4 is 24.3 Å². The van der Waals surface area contributed by atoms with Crippen LogP contribution >= 0.6 is 0 Å². The molecule has 0 bridgehead atoms. The van der Waals surface area contributed by atoms with E-state index in [2.05, 4.69) is 5.32 Å². The lowest BCUT2D eigenvalue weighted by molar-refractivity contribution is -0.128. The van der Waals surface area contributed by atoms with Crippen molar-refractivity contribution in [3.8, 4) is 23.0 Å². The molecule has 0 aliphatic heterocycles. The van der Waals surface area contributed by atoms with Crippen LogP contribution in [0.2, 0.25) is 0 Å². The predicted octanol–water partition coefficient (Wildman–Crippen LogP) is 3.23. The maximum absolute atomic E-state index is 12.5. The van der Waals surface area contributed by atoms with Crippen LogP contribution in [0.4, 0.5) is 0 Å². The van der Waals surface area contributed by atoms with Gasteiger partial charge in [0.1, 0.15) is 0 Å². The van der Waals surface area contributed by atoms with Crippen LogP contribution in [0.1, 0.15) is 18.9 Å². The van der Waals surface area contributed by atoms with Gasteiger partial charge in [-0.1, -0.05) is 25.1 Å². The Balaban J connectivity index is 1.91. The highest BCUT2D eigenvalue weighted by Gasteiger charge is 2.19. The first-order valence-electron chi connectivity index (χ1n) is 8.91. The molecule has 0 saturated carbocycles. The molecule has 0 saturated heterocycles. The first-order valence-corrected chi connectivity index (χ1v) is 8.91. The second-order valence-corrected chi connectivity index (χ2v) is 5.90. The Bertz CT molecular complexity index is 747. The SMILES string of the molecule is CC[C@H](Oc1ccccc1OC)C(=O)NCCc1ccc(OC)c(OC)c1. The van der Waals surface area contributed by atoms with Gasteiger partial charge in [-0.2, -0.15) is 0 Å². The maximum atomic E-state index is 12.5. The van der Waals surface area contributed by atoms with Crippen molar-refractivity contribution in [3.05, 3.63) is 48.0 Å². The molecule has 0 spiro atoms. The third-order valence-corrected chi connectivity index (χ3v) is 4.16. The van der Waals surface area contributed by atoms with E-state index >= 15 is 0 Å². The number of benzene rings is 2. The van der Waals surface area contributed by atoms with Crippen molar-refractivity contribution in [3.63, 3.8) is 0 Å². The van der Waals surface area contributed by atoms with Crippen LogP contribution in [-0.2, 0) is 11.2 Å². The Labute approximate surface area is 160 Å². The average Bonchev–Trinajstić information content (AvgIpc) is 2.71. The molecule has 6 nitrogen and oxygen atoms in total. The number of methoxy groups -OCH3 is 3. The zero-order valence-corrected chi connectivity index (χ0v) is 16.3. The van der Waals surface area contributed by atoms with Crippen molar-refractivity contribution in [1.29, 1.82) is 0 Å². The second-order valence-electron chi connectivity index (χ2n) is 5.90. The second kappa shape index (κ2) is 10.3. The van der Waals surface area contributed by atoms with Crippen LogP contribution in [0, 0.1) is 0 Å². The summed E-state index contributed by atoms with van der Waals surface area (Å²) in [5.41, 5.74) is 1.05. The van der Waals surface area contributed by atoms with Crippen molar-refractivity contribution < 1.29 is 23.7 Å². The van der Waals surface area contributed by atoms with Crippen LogP contribution in [0.15, 0.2) is 42.5 Å². The standard InChI is InChI=1S/C21H27NO5/c1-5-16(27-19-9-7-6-8-17(19)24-2)21(23)22-13-12-15-10-11-18(25-3)20(14-15)26-4/h6-11,14,16H,5,12-13H2,1-4H3,(H,22,23)/t16-/m0/s1. The van der Waals surface area contributed by atoms with Gasteiger partial charge in [-0.05, 0) is 42.7 Å². The molecule has 1 amide bonds. The molecule has 0 aliphatic rings. The highest BCUT2D eigenvalue weighted by Crippen LogP contribution is 2.28. The minimum Gasteiger partial charge on any atom is -0.493 e. The van der Waals surface area contributed by atoms with Crippen molar-refractivity contribution in [2.24, 2.45) is 0 Å². The molecule has 146 valence electrons. The fraction of sp³-hybridized carbons (Fsp3) is 0.381. The van der Waals surface area contributed by atoms with E-state index < -0.39 is 6.10 Å². The normalized spacial score (nSPS) is 11.4. The van der Waals surface area contributed by atoms with Gasteiger partial charge in [-0.25, -0.2) is 0 Å². The number of hydrogen-bond acceptors (Lipinski definition) is 5. The summed E-state index contributed by atoms with van der Waals surface area (Å²) in [5, 5.41) is 2.93. The number of carbonyl (C=O) groups excluding carboxylic acids is 1. The van der Waals surface area contributed by atoms with Crippen LogP contribution in [0.5, 0.6) is 23.0 Å². The predicted molar refractivity (Wildman–Crippen MR) is 104 cm³/mol. The number of nitrogens with one attached hydrogen (secondary N) is 1. The monoisotopic (exact) mass is 373 g/mol. The van der Waals surface area contributed by atoms with E-state index in [0.29, 0.717) is 42.4 Å². The lowest BCUT2D eigenvalue weighted by Gasteiger charge is -2.19. The molecule has 0 aliphatic carbocycles. The molecule has 1 atom stereocenters. The zero-order chi connectivity index (χ0) is 19.6. The third kappa shape index (κ3) is 5.54. The van der Waals surface area contributed by atoms with Gasteiger partial charge in [0.05, 0.1) is 21.3 Å². The number of para-hydroxylation sites is 2. The van der Waals surface area contributed by atoms with Gasteiger partial charge in [0.15, 0.2) is 29.1 Å². The van der Waals surface area contributed by atoms with Crippen LogP contribution in [0.25, 0.3) is 0 Å². The summed E-state index contributed by atoms with van der Waals surface area (Å²) in [6.07, 6.45) is 0.656. The minimum atomic E-state index is -0.577. The Kier molecular flexibility index (Phi) is 7.79. The summed E-state index contributed by atoms with van der Waals surface area (Å²) in [5.74, 6) is 2.37. The van der Waals surface area contributed by atoms with E-state index in [1.54, 1.807) is 33.5 Å². The van der Waals surface area contributed by atoms with E-state index in [1.165, 1.54) is 0 Å². The summed E-state index contributed by atoms with van der Waals surface area (Å²) in [6, 6.07) is 13.0. The first-order chi connectivity index (χ1) is 13.1. The third-order valence-electron chi connectivity index (χ3n) is 4.16. The molecular weight excluding hydrogens is 346 g/mol. The molecule has 1 N–H and O–H groups in total. The van der Waals surface area contributed by atoms with E-state index in [4.69, 9.17) is 18.9 Å². The number of amides is 1. The van der Waals surface area contributed by atoms with E-state index in [1.807, 2.05) is 37.3 Å². The number of hydrogen-bond donors (Lipinski definition) is 1. The molecule has 6 heteroatoms. The van der Waals surface area contributed by atoms with Gasteiger partial charge in [-0.3, -0.25) is 4.79 Å². The summed E-state index contributed by atoms with van der Waals surface area (Å²) in [6.45, 7) is 2.41. The molecule has 0 heterocycles. The molecule has 0 fully saturated rings. The van der Waals surface area contributed by atoms with E-state index in [0.717, 1.165) is 5.56 Å². The molecule has 2 rings (SSSR count). The number of carbonyl (C=O) groups is 1. The molecule has 27 heavy (non-hydrogen) atoms. The Hall–Kier alpha value is -2.89. The summed E-state index contributed by atoms with van der Waals surface area (Å²) in [4.78, 5) is 12.5. The lowest BCUT2D eigenvalue weighted by Crippen LogP contribution is -2.39. The van der Waals surface area contributed by atoms with Crippen LogP contribution in [0.3, 0.4) is 0 Å². The average molecular weight is 373 g/mol. The largest absolute Gasteiger partial charge is 0.493 e. The molecule has 0 unspecified atom stereocenters. The van der Waals surface area contributed by atoms with Gasteiger partial charge in [0.2, 0.25) is 0 Å². The fourth-order valence-corrected chi connectivity index (χ4v) is 2.67. The smallest absolute Gasteiger partial charge is 0.261 e. The Morgan fingerprint density at radius 3 is 2.19 bits per heavy atom. The number of rotatable bonds is 10. The Morgan fingerprint density at radius 2 is 1.56 bits per heavy atom. The molecule has 0 aromatic heterocycles. The molecule has 0 radical (unpaired) electrons. The minimum absolute atomic E-state index is 0.149. The first kappa shape index (κ1) is 20.4. The molecular formula is C21H27NO5. The molecule has 2 aromatic carbocycles. The van der Waals surface area contributed by atoms with Gasteiger partial charge >= 0.3 is 0 Å². The number of ether oxygens (including phenoxy) is 4. The quantitative estimate of drug-likeness (QED) is 0.693. The van der Waals surface area contributed by atoms with Gasteiger partial charge in [0, 0.05) is 6.54 Å². The van der Waals surface area contributed by atoms with Crippen molar-refractivity contribution in [2.45, 2.75) is 25.9 Å². The van der Waals surface area contributed by atoms with Gasteiger partial charge < -0.3 is 24.3 Å². The summed E-state index contributed by atoms with van der Waals surface area (Å²) < 4.78 is 21.7. The van der Waals surface area contributed by atoms with E-state index in [9.17, 15) is 4.79 Å². The van der Waals surface area contributed by atoms with Crippen molar-refractivity contribution in [1.82, 2.24) is 5.32 Å². The summed E-state index contributed by atoms with van der Waals surface area (Å²) in [7, 11) is 4.78. The highest BCUT2D eigenvalue weighted by atomic mass is 16.5. The van der Waals surface area contributed by atoms with Crippen LogP contribution in [-0.4, -0.2) is 39.9 Å². The molecule has 2 aromatic rings. The van der Waals surface area contributed by atoms with Crippen molar-refractivity contribution >= 4 is 5.91 Å².